The molecule has 0 amide bonds. The largest absolute Gasteiger partial charge is 0.359 e. The zero-order valence-corrected chi connectivity index (χ0v) is 16.9. The summed E-state index contributed by atoms with van der Waals surface area (Å²) in [5.74, 6) is 0.414. The highest BCUT2D eigenvalue weighted by Crippen LogP contribution is 2.34. The fraction of sp³-hybridized carbons (Fsp3) is 0.368. The number of ether oxygens (including phenoxy) is 2. The molecule has 0 aliphatic carbocycles. The molecule has 0 saturated carbocycles. The molecule has 9 nitrogen and oxygen atoms in total. The first-order valence-electron chi connectivity index (χ1n) is 9.02. The van der Waals surface area contributed by atoms with E-state index in [1.165, 1.54) is 26.1 Å². The molecular formula is C19H22ClN5O4. The molecule has 1 aromatic heterocycles. The van der Waals surface area contributed by atoms with Crippen LogP contribution in [-0.4, -0.2) is 55.0 Å². The lowest BCUT2D eigenvalue weighted by atomic mass is 9.99. The quantitative estimate of drug-likeness (QED) is 0.394. The van der Waals surface area contributed by atoms with Crippen molar-refractivity contribution >= 4 is 34.5 Å². The van der Waals surface area contributed by atoms with Gasteiger partial charge in [-0.05, 0) is 29.7 Å². The van der Waals surface area contributed by atoms with E-state index in [0.29, 0.717) is 18.1 Å². The summed E-state index contributed by atoms with van der Waals surface area (Å²) in [5, 5.41) is 15.4. The molecule has 154 valence electrons. The summed E-state index contributed by atoms with van der Waals surface area (Å²) < 4.78 is 10.2. The third kappa shape index (κ3) is 5.00. The number of aromatic nitrogens is 2. The van der Waals surface area contributed by atoms with Gasteiger partial charge in [-0.25, -0.2) is 9.97 Å². The summed E-state index contributed by atoms with van der Waals surface area (Å²) in [4.78, 5) is 21.4. The van der Waals surface area contributed by atoms with Crippen molar-refractivity contribution in [3.8, 4) is 0 Å². The van der Waals surface area contributed by atoms with Gasteiger partial charge in [0.25, 0.3) is 0 Å². The van der Waals surface area contributed by atoms with E-state index >= 15 is 0 Å². The normalized spacial score (nSPS) is 14.1. The van der Waals surface area contributed by atoms with Crippen molar-refractivity contribution in [3.05, 3.63) is 57.4 Å². The van der Waals surface area contributed by atoms with Crippen LogP contribution in [0.5, 0.6) is 0 Å². The first-order valence-corrected chi connectivity index (χ1v) is 9.40. The van der Waals surface area contributed by atoms with E-state index in [1.807, 2.05) is 29.2 Å². The average Bonchev–Trinajstić information content (AvgIpc) is 2.75. The molecule has 3 rings (SSSR count). The highest BCUT2D eigenvalue weighted by atomic mass is 35.5. The van der Waals surface area contributed by atoms with E-state index < -0.39 is 11.2 Å². The molecule has 1 aliphatic heterocycles. The number of nitrogens with one attached hydrogen (secondary N) is 1. The molecule has 0 fully saturated rings. The van der Waals surface area contributed by atoms with Gasteiger partial charge >= 0.3 is 5.69 Å². The van der Waals surface area contributed by atoms with Crippen LogP contribution in [0.4, 0.5) is 17.3 Å². The zero-order chi connectivity index (χ0) is 20.8. The van der Waals surface area contributed by atoms with Crippen molar-refractivity contribution in [2.24, 2.45) is 0 Å². The Hall–Kier alpha value is -2.75. The number of halogens is 1. The molecule has 0 atom stereocenters. The monoisotopic (exact) mass is 419 g/mol. The zero-order valence-electron chi connectivity index (χ0n) is 16.2. The van der Waals surface area contributed by atoms with Gasteiger partial charge < -0.3 is 19.7 Å². The summed E-state index contributed by atoms with van der Waals surface area (Å²) in [6.07, 6.45) is 3.56. The second-order valence-electron chi connectivity index (χ2n) is 6.37. The Morgan fingerprint density at radius 3 is 2.59 bits per heavy atom. The van der Waals surface area contributed by atoms with Crippen LogP contribution in [-0.2, 0) is 9.47 Å². The van der Waals surface area contributed by atoms with E-state index in [-0.39, 0.29) is 23.9 Å². The van der Waals surface area contributed by atoms with Gasteiger partial charge in [0, 0.05) is 32.3 Å². The average molecular weight is 420 g/mol. The lowest BCUT2D eigenvalue weighted by Gasteiger charge is -2.27. The molecule has 0 saturated heterocycles. The Kier molecular flexibility index (Phi) is 6.97. The second-order valence-corrected chi connectivity index (χ2v) is 6.80. The SMILES string of the molecule is COC(CNc1ncnc(N2CC=C(c3ccc(Cl)cc3)CC2)c1[N+](=O)[O-])OC. The van der Waals surface area contributed by atoms with Gasteiger partial charge in [0.1, 0.15) is 6.33 Å². The van der Waals surface area contributed by atoms with Crippen molar-refractivity contribution in [3.63, 3.8) is 0 Å². The van der Waals surface area contributed by atoms with Gasteiger partial charge in [-0.15, -0.1) is 0 Å². The Bertz CT molecular complexity index is 887. The van der Waals surface area contributed by atoms with Gasteiger partial charge in [-0.2, -0.15) is 0 Å². The standard InChI is InChI=1S/C19H22ClN5O4/c1-28-16(29-2)11-21-18-17(25(26)27)19(23-12-22-18)24-9-7-14(8-10-24)13-3-5-15(20)6-4-13/h3-7,12,16H,8-11H2,1-2H3,(H,21,22,23). The molecule has 29 heavy (non-hydrogen) atoms. The molecule has 0 radical (unpaired) electrons. The molecule has 10 heteroatoms. The summed E-state index contributed by atoms with van der Waals surface area (Å²) >= 11 is 5.95. The predicted octanol–water partition coefficient (Wildman–Crippen LogP) is 3.36. The Labute approximate surface area is 173 Å². The van der Waals surface area contributed by atoms with Gasteiger partial charge in [-0.3, -0.25) is 10.1 Å². The van der Waals surface area contributed by atoms with E-state index in [9.17, 15) is 10.1 Å². The van der Waals surface area contributed by atoms with Gasteiger partial charge in [-0.1, -0.05) is 29.8 Å². The van der Waals surface area contributed by atoms with Gasteiger partial charge in [0.05, 0.1) is 11.5 Å². The summed E-state index contributed by atoms with van der Waals surface area (Å²) in [6.45, 7) is 1.32. The molecule has 1 N–H and O–H groups in total. The van der Waals surface area contributed by atoms with Crippen LogP contribution in [0.3, 0.4) is 0 Å². The summed E-state index contributed by atoms with van der Waals surface area (Å²) in [5.41, 5.74) is 2.11. The fourth-order valence-corrected chi connectivity index (χ4v) is 3.25. The lowest BCUT2D eigenvalue weighted by Crippen LogP contribution is -2.30. The first-order chi connectivity index (χ1) is 14.0. The third-order valence-electron chi connectivity index (χ3n) is 4.67. The number of rotatable bonds is 8. The first kappa shape index (κ1) is 21.0. The molecule has 2 aromatic rings. The second kappa shape index (κ2) is 9.64. The minimum absolute atomic E-state index is 0.131. The van der Waals surface area contributed by atoms with Crippen molar-refractivity contribution in [1.29, 1.82) is 0 Å². The van der Waals surface area contributed by atoms with Crippen molar-refractivity contribution in [2.75, 3.05) is 44.1 Å². The van der Waals surface area contributed by atoms with Crippen molar-refractivity contribution in [2.45, 2.75) is 12.7 Å². The topological polar surface area (TPSA) is 103 Å². The van der Waals surface area contributed by atoms with E-state index in [4.69, 9.17) is 21.1 Å². The van der Waals surface area contributed by atoms with Crippen LogP contribution in [0.2, 0.25) is 5.02 Å². The van der Waals surface area contributed by atoms with E-state index in [1.54, 1.807) is 0 Å². The molecule has 0 spiro atoms. The summed E-state index contributed by atoms with van der Waals surface area (Å²) in [6, 6.07) is 7.65. The van der Waals surface area contributed by atoms with Crippen molar-refractivity contribution < 1.29 is 14.4 Å². The molecule has 0 bridgehead atoms. The molecule has 0 unspecified atom stereocenters. The van der Waals surface area contributed by atoms with Crippen LogP contribution in [0.15, 0.2) is 36.7 Å². The number of anilines is 2. The maximum atomic E-state index is 11.8. The van der Waals surface area contributed by atoms with Crippen LogP contribution >= 0.6 is 11.6 Å². The van der Waals surface area contributed by atoms with Gasteiger partial charge in [0.2, 0.25) is 11.6 Å². The molecule has 2 heterocycles. The number of nitro groups is 1. The number of nitrogens with zero attached hydrogens (tertiary/aromatic N) is 4. The third-order valence-corrected chi connectivity index (χ3v) is 4.92. The fourth-order valence-electron chi connectivity index (χ4n) is 3.13. The highest BCUT2D eigenvalue weighted by Gasteiger charge is 2.28. The minimum Gasteiger partial charge on any atom is -0.359 e. The molecule has 1 aliphatic rings. The Balaban J connectivity index is 1.81. The van der Waals surface area contributed by atoms with Crippen LogP contribution in [0, 0.1) is 10.1 Å². The molecule has 1 aromatic carbocycles. The smallest absolute Gasteiger partial charge is 0.353 e. The maximum absolute atomic E-state index is 11.8. The number of hydrogen-bond donors (Lipinski definition) is 1. The maximum Gasteiger partial charge on any atom is 0.353 e. The Morgan fingerprint density at radius 1 is 1.28 bits per heavy atom. The molecular weight excluding hydrogens is 398 g/mol. The minimum atomic E-state index is -0.548. The summed E-state index contributed by atoms with van der Waals surface area (Å²) in [7, 11) is 2.99. The number of hydrogen-bond acceptors (Lipinski definition) is 8. The Morgan fingerprint density at radius 2 is 2.00 bits per heavy atom. The van der Waals surface area contributed by atoms with Crippen LogP contribution < -0.4 is 10.2 Å². The van der Waals surface area contributed by atoms with E-state index in [2.05, 4.69) is 21.4 Å². The van der Waals surface area contributed by atoms with Crippen molar-refractivity contribution in [1.82, 2.24) is 9.97 Å². The van der Waals surface area contributed by atoms with Gasteiger partial charge in [0.15, 0.2) is 6.29 Å². The van der Waals surface area contributed by atoms with E-state index in [0.717, 1.165) is 12.0 Å². The van der Waals surface area contributed by atoms with Crippen LogP contribution in [0.1, 0.15) is 12.0 Å². The number of benzene rings is 1. The lowest BCUT2D eigenvalue weighted by molar-refractivity contribution is -0.383. The predicted molar refractivity (Wildman–Crippen MR) is 111 cm³/mol. The van der Waals surface area contributed by atoms with Crippen LogP contribution in [0.25, 0.3) is 5.57 Å². The number of methoxy groups -OCH3 is 2. The highest BCUT2D eigenvalue weighted by molar-refractivity contribution is 6.30.